The van der Waals surface area contributed by atoms with Crippen LogP contribution < -0.4 is 5.32 Å². The van der Waals surface area contributed by atoms with E-state index in [9.17, 15) is 0 Å². The molecule has 2 aromatic heterocycles. The van der Waals surface area contributed by atoms with Crippen molar-refractivity contribution in [3.63, 3.8) is 0 Å². The fraction of sp³-hybridized carbons (Fsp3) is 0.625. The van der Waals surface area contributed by atoms with E-state index in [0.717, 1.165) is 35.2 Å². The summed E-state index contributed by atoms with van der Waals surface area (Å²) in [7, 11) is 0. The van der Waals surface area contributed by atoms with Crippen molar-refractivity contribution >= 4 is 27.4 Å². The lowest BCUT2D eigenvalue weighted by atomic mass is 10.0. The molecule has 118 valence electrons. The van der Waals surface area contributed by atoms with Crippen molar-refractivity contribution in [3.8, 4) is 0 Å². The average Bonchev–Trinajstić information content (AvgIpc) is 3.21. The Morgan fingerprint density at radius 1 is 1.27 bits per heavy atom. The molecule has 0 saturated carbocycles. The number of anilines is 1. The average molecular weight is 318 g/mol. The minimum Gasteiger partial charge on any atom is -0.381 e. The van der Waals surface area contributed by atoms with Crippen molar-refractivity contribution in [2.24, 2.45) is 5.92 Å². The van der Waals surface area contributed by atoms with Crippen LogP contribution in [0.4, 0.5) is 5.82 Å². The van der Waals surface area contributed by atoms with Crippen molar-refractivity contribution < 1.29 is 4.74 Å². The van der Waals surface area contributed by atoms with Crippen LogP contribution in [0, 0.1) is 5.92 Å². The fourth-order valence-corrected chi connectivity index (χ4v) is 4.18. The molecule has 0 radical (unpaired) electrons. The molecule has 2 aliphatic heterocycles. The number of piperidine rings is 1. The standard InChI is InChI=1S/C16H22N4OS/c1-5-20(9-12-3-7-21-10-12)6-2-13(1)19-15-14-4-8-22-16(14)18-11-17-15/h4,8,11-13H,1-3,5-7,9-10H2,(H,17,18,19). The molecule has 1 N–H and O–H groups in total. The SMILES string of the molecule is c1nc(NC2CCN(CC3CCOC3)CC2)c2ccsc2n1. The number of nitrogens with zero attached hydrogens (tertiary/aromatic N) is 3. The highest BCUT2D eigenvalue weighted by molar-refractivity contribution is 7.16. The van der Waals surface area contributed by atoms with Gasteiger partial charge in [-0.15, -0.1) is 11.3 Å². The molecule has 4 heterocycles. The Labute approximate surface area is 134 Å². The Balaban J connectivity index is 1.33. The zero-order valence-electron chi connectivity index (χ0n) is 12.7. The number of thiophene rings is 1. The highest BCUT2D eigenvalue weighted by Crippen LogP contribution is 2.26. The van der Waals surface area contributed by atoms with Gasteiger partial charge in [0.2, 0.25) is 0 Å². The molecule has 2 fully saturated rings. The highest BCUT2D eigenvalue weighted by Gasteiger charge is 2.24. The van der Waals surface area contributed by atoms with E-state index in [-0.39, 0.29) is 0 Å². The van der Waals surface area contributed by atoms with Crippen LogP contribution in [0.5, 0.6) is 0 Å². The van der Waals surface area contributed by atoms with E-state index < -0.39 is 0 Å². The van der Waals surface area contributed by atoms with E-state index in [1.54, 1.807) is 17.7 Å². The number of rotatable bonds is 4. The van der Waals surface area contributed by atoms with Crippen molar-refractivity contribution in [3.05, 3.63) is 17.8 Å². The molecule has 2 aromatic rings. The van der Waals surface area contributed by atoms with Gasteiger partial charge in [-0.05, 0) is 36.6 Å². The van der Waals surface area contributed by atoms with Gasteiger partial charge in [-0.1, -0.05) is 0 Å². The fourth-order valence-electron chi connectivity index (χ4n) is 3.45. The van der Waals surface area contributed by atoms with Crippen LogP contribution in [0.3, 0.4) is 0 Å². The lowest BCUT2D eigenvalue weighted by molar-refractivity contribution is 0.154. The summed E-state index contributed by atoms with van der Waals surface area (Å²) in [6.07, 6.45) is 5.26. The molecule has 1 unspecified atom stereocenters. The smallest absolute Gasteiger partial charge is 0.138 e. The summed E-state index contributed by atoms with van der Waals surface area (Å²) in [5, 5.41) is 6.86. The predicted molar refractivity (Wildman–Crippen MR) is 89.4 cm³/mol. The quantitative estimate of drug-likeness (QED) is 0.939. The molecule has 0 aliphatic carbocycles. The molecule has 2 saturated heterocycles. The van der Waals surface area contributed by atoms with Gasteiger partial charge in [0.25, 0.3) is 0 Å². The Morgan fingerprint density at radius 3 is 3.00 bits per heavy atom. The molecule has 0 spiro atoms. The van der Waals surface area contributed by atoms with Gasteiger partial charge in [-0.25, -0.2) is 9.97 Å². The van der Waals surface area contributed by atoms with Gasteiger partial charge in [0.05, 0.1) is 12.0 Å². The van der Waals surface area contributed by atoms with Crippen molar-refractivity contribution in [1.82, 2.24) is 14.9 Å². The molecule has 4 rings (SSSR count). The largest absolute Gasteiger partial charge is 0.381 e. The summed E-state index contributed by atoms with van der Waals surface area (Å²) in [4.78, 5) is 12.4. The molecule has 5 nitrogen and oxygen atoms in total. The lowest BCUT2D eigenvalue weighted by Crippen LogP contribution is -2.41. The molecule has 2 aliphatic rings. The van der Waals surface area contributed by atoms with Gasteiger partial charge >= 0.3 is 0 Å². The van der Waals surface area contributed by atoms with Crippen molar-refractivity contribution in [2.75, 3.05) is 38.2 Å². The zero-order chi connectivity index (χ0) is 14.8. The third-order valence-corrected chi connectivity index (χ3v) is 5.55. The molecule has 0 bridgehead atoms. The van der Waals surface area contributed by atoms with Crippen LogP contribution in [0.2, 0.25) is 0 Å². The molecule has 0 amide bonds. The Hall–Kier alpha value is -1.24. The first-order chi connectivity index (χ1) is 10.9. The molecular formula is C16H22N4OS. The van der Waals surface area contributed by atoms with E-state index in [4.69, 9.17) is 4.74 Å². The van der Waals surface area contributed by atoms with Gasteiger partial charge in [-0.3, -0.25) is 0 Å². The summed E-state index contributed by atoms with van der Waals surface area (Å²) in [5.41, 5.74) is 0. The second-order valence-corrected chi connectivity index (χ2v) is 7.21. The van der Waals surface area contributed by atoms with Gasteiger partial charge in [0, 0.05) is 32.3 Å². The second kappa shape index (κ2) is 6.48. The predicted octanol–water partition coefficient (Wildman–Crippen LogP) is 2.60. The highest BCUT2D eigenvalue weighted by atomic mass is 32.1. The number of hydrogen-bond donors (Lipinski definition) is 1. The van der Waals surface area contributed by atoms with E-state index in [1.807, 2.05) is 0 Å². The van der Waals surface area contributed by atoms with Crippen LogP contribution in [0.1, 0.15) is 19.3 Å². The monoisotopic (exact) mass is 318 g/mol. The maximum atomic E-state index is 5.48. The van der Waals surface area contributed by atoms with Gasteiger partial charge < -0.3 is 15.0 Å². The van der Waals surface area contributed by atoms with Crippen LogP contribution in [0.25, 0.3) is 10.2 Å². The maximum Gasteiger partial charge on any atom is 0.138 e. The van der Waals surface area contributed by atoms with Gasteiger partial charge in [0.1, 0.15) is 17.0 Å². The Kier molecular flexibility index (Phi) is 4.23. The van der Waals surface area contributed by atoms with Gasteiger partial charge in [-0.2, -0.15) is 0 Å². The summed E-state index contributed by atoms with van der Waals surface area (Å²) in [6.45, 7) is 5.45. The number of nitrogens with one attached hydrogen (secondary N) is 1. The summed E-state index contributed by atoms with van der Waals surface area (Å²) >= 11 is 1.67. The van der Waals surface area contributed by atoms with Crippen molar-refractivity contribution in [1.29, 1.82) is 0 Å². The number of fused-ring (bicyclic) bond motifs is 1. The third kappa shape index (κ3) is 3.09. The van der Waals surface area contributed by atoms with Crippen molar-refractivity contribution in [2.45, 2.75) is 25.3 Å². The van der Waals surface area contributed by atoms with E-state index in [2.05, 4.69) is 31.6 Å². The van der Waals surface area contributed by atoms with Gasteiger partial charge in [0.15, 0.2) is 0 Å². The zero-order valence-corrected chi connectivity index (χ0v) is 13.5. The number of aromatic nitrogens is 2. The van der Waals surface area contributed by atoms with E-state index >= 15 is 0 Å². The maximum absolute atomic E-state index is 5.48. The van der Waals surface area contributed by atoms with E-state index in [0.29, 0.717) is 6.04 Å². The van der Waals surface area contributed by atoms with Crippen LogP contribution in [0.15, 0.2) is 17.8 Å². The Bertz CT molecular complexity index is 617. The number of hydrogen-bond acceptors (Lipinski definition) is 6. The number of ether oxygens (including phenoxy) is 1. The third-order valence-electron chi connectivity index (χ3n) is 4.73. The summed E-state index contributed by atoms with van der Waals surface area (Å²) < 4.78 is 5.48. The molecule has 0 aromatic carbocycles. The Morgan fingerprint density at radius 2 is 2.18 bits per heavy atom. The lowest BCUT2D eigenvalue weighted by Gasteiger charge is -2.33. The normalized spacial score (nSPS) is 24.1. The first kappa shape index (κ1) is 14.4. The second-order valence-electron chi connectivity index (χ2n) is 6.31. The van der Waals surface area contributed by atoms with Crippen LogP contribution >= 0.6 is 11.3 Å². The summed E-state index contributed by atoms with van der Waals surface area (Å²) in [6, 6.07) is 2.63. The number of likely N-dealkylation sites (tertiary alicyclic amines) is 1. The topological polar surface area (TPSA) is 50.3 Å². The molecule has 22 heavy (non-hydrogen) atoms. The first-order valence-corrected chi connectivity index (χ1v) is 9.01. The minimum absolute atomic E-state index is 0.522. The molecular weight excluding hydrogens is 296 g/mol. The molecule has 1 atom stereocenters. The van der Waals surface area contributed by atoms with Crippen LogP contribution in [-0.4, -0.2) is 53.8 Å². The van der Waals surface area contributed by atoms with Crippen LogP contribution in [-0.2, 0) is 4.74 Å². The first-order valence-electron chi connectivity index (χ1n) is 8.13. The minimum atomic E-state index is 0.522. The molecule has 6 heteroatoms. The summed E-state index contributed by atoms with van der Waals surface area (Å²) in [5.74, 6) is 1.74. The van der Waals surface area contributed by atoms with E-state index in [1.165, 1.54) is 38.9 Å².